The molecule has 0 N–H and O–H groups in total. The van der Waals surface area contributed by atoms with Gasteiger partial charge in [-0.25, -0.2) is 4.79 Å². The van der Waals surface area contributed by atoms with Crippen molar-refractivity contribution in [1.82, 2.24) is 0 Å². The maximum atomic E-state index is 11.6. The molecule has 0 heterocycles. The zero-order chi connectivity index (χ0) is 13.7. The van der Waals surface area contributed by atoms with Crippen LogP contribution in [-0.2, 0) is 11.2 Å². The first kappa shape index (κ1) is 13.6. The van der Waals surface area contributed by atoms with Gasteiger partial charge >= 0.3 is 5.97 Å². The quantitative estimate of drug-likeness (QED) is 0.462. The third kappa shape index (κ3) is 2.63. The topological polar surface area (TPSA) is 93.2 Å². The number of carbonyl (C=O) groups is 1. The highest BCUT2D eigenvalue weighted by Gasteiger charge is 2.21. The molecule has 1 aromatic rings. The predicted molar refractivity (Wildman–Crippen MR) is 63.1 cm³/mol. The average Bonchev–Trinajstić information content (AvgIpc) is 2.37. The lowest BCUT2D eigenvalue weighted by molar-refractivity contribution is -0.385. The van der Waals surface area contributed by atoms with E-state index < -0.39 is 10.9 Å². The summed E-state index contributed by atoms with van der Waals surface area (Å²) in [5.74, 6) is -0.640. The van der Waals surface area contributed by atoms with Crippen molar-refractivity contribution in [2.45, 2.75) is 20.3 Å². The third-order valence-corrected chi connectivity index (χ3v) is 2.41. The molecule has 0 spiro atoms. The molecule has 0 fully saturated rings. The lowest BCUT2D eigenvalue weighted by Crippen LogP contribution is -2.09. The summed E-state index contributed by atoms with van der Waals surface area (Å²) in [7, 11) is 0. The highest BCUT2D eigenvalue weighted by Crippen LogP contribution is 2.24. The van der Waals surface area contributed by atoms with Crippen LogP contribution in [0.15, 0.2) is 12.1 Å². The predicted octanol–water partition coefficient (Wildman–Crippen LogP) is 2.21. The van der Waals surface area contributed by atoms with E-state index in [0.29, 0.717) is 12.0 Å². The van der Waals surface area contributed by atoms with Crippen molar-refractivity contribution < 1.29 is 14.5 Å². The largest absolute Gasteiger partial charge is 0.462 e. The van der Waals surface area contributed by atoms with Crippen LogP contribution in [-0.4, -0.2) is 17.5 Å². The standard InChI is InChI=1S/C12H12N2O4/c1-3-8-5-10(12(15)18-4-2)9(7-13)6-11(8)14(16)17/h5-6H,3-4H2,1-2H3. The number of nitriles is 1. The molecule has 0 bridgehead atoms. The minimum absolute atomic E-state index is 0.0441. The van der Waals surface area contributed by atoms with Gasteiger partial charge in [0.2, 0.25) is 0 Å². The first-order valence-corrected chi connectivity index (χ1v) is 5.43. The number of benzene rings is 1. The molecule has 6 nitrogen and oxygen atoms in total. The van der Waals surface area contributed by atoms with E-state index in [9.17, 15) is 14.9 Å². The van der Waals surface area contributed by atoms with Crippen LogP contribution in [0.1, 0.15) is 35.3 Å². The fourth-order valence-electron chi connectivity index (χ4n) is 1.56. The van der Waals surface area contributed by atoms with Crippen molar-refractivity contribution in [1.29, 1.82) is 5.26 Å². The van der Waals surface area contributed by atoms with E-state index in [1.165, 1.54) is 6.07 Å². The van der Waals surface area contributed by atoms with Gasteiger partial charge in [0.15, 0.2) is 0 Å². The maximum absolute atomic E-state index is 11.6. The Kier molecular flexibility index (Phi) is 4.38. The van der Waals surface area contributed by atoms with Gasteiger partial charge in [-0.15, -0.1) is 0 Å². The van der Waals surface area contributed by atoms with Crippen LogP contribution in [0, 0.1) is 21.4 Å². The number of hydrogen-bond donors (Lipinski definition) is 0. The smallest absolute Gasteiger partial charge is 0.339 e. The molecule has 0 aromatic heterocycles. The molecule has 94 valence electrons. The molecule has 0 aliphatic carbocycles. The van der Waals surface area contributed by atoms with Crippen LogP contribution in [0.4, 0.5) is 5.69 Å². The second kappa shape index (κ2) is 5.77. The minimum atomic E-state index is -0.640. The number of nitrogens with zero attached hydrogens (tertiary/aromatic N) is 2. The molecule has 6 heteroatoms. The summed E-state index contributed by atoms with van der Waals surface area (Å²) >= 11 is 0. The van der Waals surface area contributed by atoms with E-state index in [1.807, 2.05) is 0 Å². The third-order valence-electron chi connectivity index (χ3n) is 2.41. The zero-order valence-electron chi connectivity index (χ0n) is 10.1. The molecular formula is C12H12N2O4. The van der Waals surface area contributed by atoms with E-state index in [4.69, 9.17) is 10.00 Å². The lowest BCUT2D eigenvalue weighted by atomic mass is 10.0. The summed E-state index contributed by atoms with van der Waals surface area (Å²) in [5, 5.41) is 19.8. The number of carbonyl (C=O) groups excluding carboxylic acids is 1. The van der Waals surface area contributed by atoms with Gasteiger partial charge in [-0.2, -0.15) is 5.26 Å². The number of hydrogen-bond acceptors (Lipinski definition) is 5. The van der Waals surface area contributed by atoms with Gasteiger partial charge in [0.1, 0.15) is 6.07 Å². The molecule has 1 rings (SSSR count). The Bertz CT molecular complexity index is 532. The molecule has 0 unspecified atom stereocenters. The van der Waals surface area contributed by atoms with Gasteiger partial charge in [0, 0.05) is 11.6 Å². The van der Waals surface area contributed by atoms with Gasteiger partial charge in [-0.3, -0.25) is 10.1 Å². The number of rotatable bonds is 4. The van der Waals surface area contributed by atoms with Crippen LogP contribution in [0.25, 0.3) is 0 Å². The number of ether oxygens (including phenoxy) is 1. The minimum Gasteiger partial charge on any atom is -0.462 e. The molecule has 1 aromatic carbocycles. The average molecular weight is 248 g/mol. The Morgan fingerprint density at radius 3 is 2.61 bits per heavy atom. The summed E-state index contributed by atoms with van der Waals surface area (Å²) < 4.78 is 4.81. The first-order chi connectivity index (χ1) is 8.54. The Hall–Kier alpha value is -2.42. The Morgan fingerprint density at radius 1 is 1.50 bits per heavy atom. The normalized spacial score (nSPS) is 9.61. The van der Waals surface area contributed by atoms with E-state index in [0.717, 1.165) is 6.07 Å². The van der Waals surface area contributed by atoms with Crippen LogP contribution in [0.3, 0.4) is 0 Å². The fraction of sp³-hybridized carbons (Fsp3) is 0.333. The number of nitro benzene ring substituents is 1. The van der Waals surface area contributed by atoms with E-state index >= 15 is 0 Å². The molecule has 0 aliphatic heterocycles. The van der Waals surface area contributed by atoms with Crippen LogP contribution < -0.4 is 0 Å². The summed E-state index contributed by atoms with van der Waals surface area (Å²) in [4.78, 5) is 21.9. The highest BCUT2D eigenvalue weighted by atomic mass is 16.6. The molecule has 0 aliphatic rings. The summed E-state index contributed by atoms with van der Waals surface area (Å²) in [6.07, 6.45) is 0.397. The lowest BCUT2D eigenvalue weighted by Gasteiger charge is -2.06. The molecule has 0 atom stereocenters. The highest BCUT2D eigenvalue weighted by molar-refractivity contribution is 5.93. The van der Waals surface area contributed by atoms with Gasteiger partial charge in [-0.1, -0.05) is 6.92 Å². The number of nitro groups is 1. The van der Waals surface area contributed by atoms with E-state index in [1.54, 1.807) is 19.9 Å². The van der Waals surface area contributed by atoms with Crippen molar-refractivity contribution in [3.05, 3.63) is 38.9 Å². The Morgan fingerprint density at radius 2 is 2.17 bits per heavy atom. The van der Waals surface area contributed by atoms with Gasteiger partial charge in [-0.05, 0) is 19.4 Å². The SMILES string of the molecule is CCOC(=O)c1cc(CC)c([N+](=O)[O-])cc1C#N. The summed E-state index contributed by atoms with van der Waals surface area (Å²) in [6, 6.07) is 4.25. The van der Waals surface area contributed by atoms with Crippen LogP contribution in [0.5, 0.6) is 0 Å². The van der Waals surface area contributed by atoms with Gasteiger partial charge in [0.05, 0.1) is 22.7 Å². The second-order valence-corrected chi connectivity index (χ2v) is 3.47. The molecule has 0 amide bonds. The maximum Gasteiger partial charge on any atom is 0.339 e. The Labute approximate surface area is 104 Å². The molecular weight excluding hydrogens is 236 g/mol. The van der Waals surface area contributed by atoms with Crippen molar-refractivity contribution in [2.75, 3.05) is 6.61 Å². The van der Waals surface area contributed by atoms with Crippen molar-refractivity contribution in [3.63, 3.8) is 0 Å². The summed E-state index contributed by atoms with van der Waals surface area (Å²) in [5.41, 5.74) is 0.281. The number of esters is 1. The summed E-state index contributed by atoms with van der Waals surface area (Å²) in [6.45, 7) is 3.57. The van der Waals surface area contributed by atoms with Gasteiger partial charge in [0.25, 0.3) is 5.69 Å². The molecule has 0 saturated heterocycles. The Balaban J connectivity index is 3.41. The fourth-order valence-corrected chi connectivity index (χ4v) is 1.56. The zero-order valence-corrected chi connectivity index (χ0v) is 10.1. The monoisotopic (exact) mass is 248 g/mol. The van der Waals surface area contributed by atoms with Crippen molar-refractivity contribution in [3.8, 4) is 6.07 Å². The first-order valence-electron chi connectivity index (χ1n) is 5.43. The number of aryl methyl sites for hydroxylation is 1. The molecule has 0 radical (unpaired) electrons. The second-order valence-electron chi connectivity index (χ2n) is 3.47. The van der Waals surface area contributed by atoms with E-state index in [2.05, 4.69) is 0 Å². The van der Waals surface area contributed by atoms with Crippen LogP contribution in [0.2, 0.25) is 0 Å². The van der Waals surface area contributed by atoms with Crippen LogP contribution >= 0.6 is 0 Å². The van der Waals surface area contributed by atoms with Gasteiger partial charge < -0.3 is 4.74 Å². The molecule has 18 heavy (non-hydrogen) atoms. The van der Waals surface area contributed by atoms with Crippen molar-refractivity contribution in [2.24, 2.45) is 0 Å². The van der Waals surface area contributed by atoms with Crippen molar-refractivity contribution >= 4 is 11.7 Å². The van der Waals surface area contributed by atoms with E-state index in [-0.39, 0.29) is 23.4 Å². The molecule has 0 saturated carbocycles.